The molecule has 0 fully saturated rings. The predicted octanol–water partition coefficient (Wildman–Crippen LogP) is 1.75. The summed E-state index contributed by atoms with van der Waals surface area (Å²) in [6.45, 7) is 2.04. The van der Waals surface area contributed by atoms with E-state index in [2.05, 4.69) is 25.4 Å². The van der Waals surface area contributed by atoms with Gasteiger partial charge in [0, 0.05) is 18.7 Å². The summed E-state index contributed by atoms with van der Waals surface area (Å²) in [6.07, 6.45) is 3.56. The maximum absolute atomic E-state index is 5.94. The Labute approximate surface area is 116 Å². The zero-order valence-electron chi connectivity index (χ0n) is 9.92. The molecule has 0 aliphatic heterocycles. The van der Waals surface area contributed by atoms with E-state index >= 15 is 0 Å². The summed E-state index contributed by atoms with van der Waals surface area (Å²) < 4.78 is 5.11. The minimum atomic E-state index is 0. The second kappa shape index (κ2) is 6.63. The molecule has 0 radical (unpaired) electrons. The predicted molar refractivity (Wildman–Crippen MR) is 69.8 cm³/mol. The van der Waals surface area contributed by atoms with E-state index in [-0.39, 0.29) is 18.4 Å². The summed E-state index contributed by atoms with van der Waals surface area (Å²) in [5.74, 6) is 0.937. The number of hydrogen-bond donors (Lipinski definition) is 1. The van der Waals surface area contributed by atoms with Gasteiger partial charge in [0.25, 0.3) is 5.89 Å². The number of hydrogen-bond acceptors (Lipinski definition) is 6. The van der Waals surface area contributed by atoms with Gasteiger partial charge >= 0.3 is 0 Å². The molecule has 18 heavy (non-hydrogen) atoms. The Hall–Kier alpha value is -1.24. The Morgan fingerprint density at radius 3 is 2.94 bits per heavy atom. The van der Waals surface area contributed by atoms with E-state index in [4.69, 9.17) is 16.1 Å². The van der Waals surface area contributed by atoms with Crippen LogP contribution in [-0.4, -0.2) is 33.2 Å². The van der Waals surface area contributed by atoms with Crippen molar-refractivity contribution in [2.45, 2.75) is 19.4 Å². The number of rotatable bonds is 4. The van der Waals surface area contributed by atoms with E-state index in [9.17, 15) is 0 Å². The number of nitrogens with zero attached hydrogens (tertiary/aromatic N) is 4. The third kappa shape index (κ3) is 3.38. The topological polar surface area (TPSA) is 76.7 Å². The highest BCUT2D eigenvalue weighted by Gasteiger charge is 2.14. The number of nitrogens with one attached hydrogen (secondary N) is 1. The molecular formula is C10H13Cl2N5O. The molecule has 1 unspecified atom stereocenters. The van der Waals surface area contributed by atoms with Crippen LogP contribution in [0.15, 0.2) is 17.0 Å². The molecule has 0 bridgehead atoms. The lowest BCUT2D eigenvalue weighted by Gasteiger charge is -2.04. The van der Waals surface area contributed by atoms with E-state index in [0.29, 0.717) is 28.9 Å². The van der Waals surface area contributed by atoms with Crippen molar-refractivity contribution in [1.82, 2.24) is 25.4 Å². The van der Waals surface area contributed by atoms with Gasteiger partial charge < -0.3 is 9.84 Å². The van der Waals surface area contributed by atoms with E-state index < -0.39 is 0 Å². The average molecular weight is 290 g/mol. The Morgan fingerprint density at radius 1 is 1.50 bits per heavy atom. The summed E-state index contributed by atoms with van der Waals surface area (Å²) in [7, 11) is 1.88. The molecule has 0 saturated heterocycles. The normalized spacial score (nSPS) is 11.9. The minimum absolute atomic E-state index is 0. The molecule has 0 spiro atoms. The van der Waals surface area contributed by atoms with E-state index in [1.54, 1.807) is 0 Å². The van der Waals surface area contributed by atoms with Crippen molar-refractivity contribution in [3.05, 3.63) is 23.4 Å². The van der Waals surface area contributed by atoms with Gasteiger partial charge in [0.2, 0.25) is 0 Å². The standard InChI is InChI=1S/C10H12ClN5O.ClH/c1-6(12-2)3-8-15-10(17-16-8)9-7(11)4-13-5-14-9;/h4-6,12H,3H2,1-2H3;1H. The van der Waals surface area contributed by atoms with Gasteiger partial charge in [0.05, 0.1) is 5.02 Å². The minimum Gasteiger partial charge on any atom is -0.332 e. The molecule has 0 aliphatic carbocycles. The van der Waals surface area contributed by atoms with Crippen molar-refractivity contribution in [3.8, 4) is 11.6 Å². The fraction of sp³-hybridized carbons (Fsp3) is 0.400. The lowest BCUT2D eigenvalue weighted by molar-refractivity contribution is 0.417. The molecule has 6 nitrogen and oxygen atoms in total. The third-order valence-corrected chi connectivity index (χ3v) is 2.60. The van der Waals surface area contributed by atoms with Crippen LogP contribution in [0.3, 0.4) is 0 Å². The van der Waals surface area contributed by atoms with Gasteiger partial charge in [-0.15, -0.1) is 12.4 Å². The largest absolute Gasteiger partial charge is 0.332 e. The first-order valence-electron chi connectivity index (χ1n) is 5.16. The monoisotopic (exact) mass is 289 g/mol. The number of likely N-dealkylation sites (N-methyl/N-ethyl adjacent to an activating group) is 1. The summed E-state index contributed by atoms with van der Waals surface area (Å²) >= 11 is 5.94. The highest BCUT2D eigenvalue weighted by molar-refractivity contribution is 6.32. The Bertz CT molecular complexity index is 505. The molecule has 0 amide bonds. The molecule has 98 valence electrons. The zero-order valence-corrected chi connectivity index (χ0v) is 11.5. The fourth-order valence-electron chi connectivity index (χ4n) is 1.28. The molecule has 1 N–H and O–H groups in total. The number of halogens is 2. The van der Waals surface area contributed by atoms with Crippen LogP contribution in [0.4, 0.5) is 0 Å². The molecular weight excluding hydrogens is 277 g/mol. The molecule has 2 heterocycles. The van der Waals surface area contributed by atoms with E-state index in [1.807, 2.05) is 14.0 Å². The van der Waals surface area contributed by atoms with Gasteiger partial charge in [-0.25, -0.2) is 9.97 Å². The first kappa shape index (κ1) is 14.8. The van der Waals surface area contributed by atoms with Crippen LogP contribution in [0.25, 0.3) is 11.6 Å². The van der Waals surface area contributed by atoms with Gasteiger partial charge in [0.1, 0.15) is 6.33 Å². The zero-order chi connectivity index (χ0) is 12.3. The molecule has 1 atom stereocenters. The van der Waals surface area contributed by atoms with Gasteiger partial charge in [-0.05, 0) is 14.0 Å². The average Bonchev–Trinajstić information content (AvgIpc) is 2.78. The Kier molecular flexibility index (Phi) is 5.46. The first-order valence-corrected chi connectivity index (χ1v) is 5.54. The second-order valence-electron chi connectivity index (χ2n) is 3.63. The molecule has 0 aliphatic rings. The maximum atomic E-state index is 5.94. The molecule has 0 saturated carbocycles. The van der Waals surface area contributed by atoms with Crippen LogP contribution < -0.4 is 5.32 Å². The van der Waals surface area contributed by atoms with Crippen LogP contribution in [0.1, 0.15) is 12.7 Å². The molecule has 2 rings (SSSR count). The molecule has 8 heteroatoms. The quantitative estimate of drug-likeness (QED) is 0.924. The first-order chi connectivity index (χ1) is 8.20. The highest BCUT2D eigenvalue weighted by Crippen LogP contribution is 2.22. The van der Waals surface area contributed by atoms with Crippen molar-refractivity contribution >= 4 is 24.0 Å². The summed E-state index contributed by atoms with van der Waals surface area (Å²) in [6, 6.07) is 0.279. The van der Waals surface area contributed by atoms with Crippen LogP contribution in [0, 0.1) is 0 Å². The third-order valence-electron chi connectivity index (χ3n) is 2.32. The van der Waals surface area contributed by atoms with Gasteiger partial charge in [-0.3, -0.25) is 0 Å². The summed E-state index contributed by atoms with van der Waals surface area (Å²) in [5.41, 5.74) is 0.456. The van der Waals surface area contributed by atoms with Crippen molar-refractivity contribution in [1.29, 1.82) is 0 Å². The Balaban J connectivity index is 0.00000162. The van der Waals surface area contributed by atoms with Crippen LogP contribution in [0.2, 0.25) is 5.02 Å². The Morgan fingerprint density at radius 2 is 2.28 bits per heavy atom. The lowest BCUT2D eigenvalue weighted by Crippen LogP contribution is -2.24. The highest BCUT2D eigenvalue weighted by atomic mass is 35.5. The van der Waals surface area contributed by atoms with Gasteiger partial charge in [-0.1, -0.05) is 16.8 Å². The smallest absolute Gasteiger partial charge is 0.278 e. The SMILES string of the molecule is CNC(C)Cc1noc(-c2ncncc2Cl)n1.Cl. The fourth-order valence-corrected chi connectivity index (χ4v) is 1.46. The van der Waals surface area contributed by atoms with Crippen LogP contribution in [0.5, 0.6) is 0 Å². The van der Waals surface area contributed by atoms with Crippen molar-refractivity contribution in [2.75, 3.05) is 7.05 Å². The summed E-state index contributed by atoms with van der Waals surface area (Å²) in [5, 5.41) is 7.37. The van der Waals surface area contributed by atoms with Crippen molar-refractivity contribution in [2.24, 2.45) is 0 Å². The van der Waals surface area contributed by atoms with Gasteiger partial charge in [-0.2, -0.15) is 4.98 Å². The second-order valence-corrected chi connectivity index (χ2v) is 4.04. The molecule has 2 aromatic heterocycles. The van der Waals surface area contributed by atoms with Crippen LogP contribution in [-0.2, 0) is 6.42 Å². The van der Waals surface area contributed by atoms with Gasteiger partial charge in [0.15, 0.2) is 11.5 Å². The van der Waals surface area contributed by atoms with Crippen molar-refractivity contribution in [3.63, 3.8) is 0 Å². The molecule has 0 aromatic carbocycles. The van der Waals surface area contributed by atoms with Crippen LogP contribution >= 0.6 is 24.0 Å². The maximum Gasteiger partial charge on any atom is 0.278 e. The van der Waals surface area contributed by atoms with E-state index in [0.717, 1.165) is 0 Å². The number of aromatic nitrogens is 4. The molecule has 2 aromatic rings. The summed E-state index contributed by atoms with van der Waals surface area (Å²) in [4.78, 5) is 12.0. The van der Waals surface area contributed by atoms with E-state index in [1.165, 1.54) is 12.5 Å². The van der Waals surface area contributed by atoms with Crippen molar-refractivity contribution < 1.29 is 4.52 Å². The lowest BCUT2D eigenvalue weighted by atomic mass is 10.2.